The van der Waals surface area contributed by atoms with Gasteiger partial charge in [-0.1, -0.05) is 27.7 Å². The third-order valence-electron chi connectivity index (χ3n) is 2.87. The van der Waals surface area contributed by atoms with E-state index >= 15 is 0 Å². The van der Waals surface area contributed by atoms with Gasteiger partial charge in [0.15, 0.2) is 0 Å². The number of hydrogen-bond donors (Lipinski definition) is 1. The molecule has 0 aromatic rings. The van der Waals surface area contributed by atoms with E-state index < -0.39 is 6.04 Å². The molecule has 4 nitrogen and oxygen atoms in total. The molecule has 0 radical (unpaired) electrons. The van der Waals surface area contributed by atoms with Gasteiger partial charge in [0.05, 0.1) is 7.11 Å². The van der Waals surface area contributed by atoms with E-state index in [0.717, 1.165) is 12.8 Å². The summed E-state index contributed by atoms with van der Waals surface area (Å²) in [6.45, 7) is 7.98. The minimum atomic E-state index is -0.520. The molecule has 0 aliphatic heterocycles. The molecule has 0 aromatic carbocycles. The predicted octanol–water partition coefficient (Wildman–Crippen LogP) is 2.13. The summed E-state index contributed by atoms with van der Waals surface area (Å²) in [5, 5.41) is 2.79. The monoisotopic (exact) mass is 243 g/mol. The molecule has 100 valence electrons. The summed E-state index contributed by atoms with van der Waals surface area (Å²) in [5.74, 6) is -0.0977. The number of carbonyl (C=O) groups excluding carboxylic acids is 2. The SMILES string of the molecule is CCC(CC)C(=O)NC(CC(C)C)C(=O)OC. The van der Waals surface area contributed by atoms with E-state index in [1.54, 1.807) is 0 Å². The number of nitrogens with one attached hydrogen (secondary N) is 1. The summed E-state index contributed by atoms with van der Waals surface area (Å²) in [6.07, 6.45) is 2.19. The maximum Gasteiger partial charge on any atom is 0.328 e. The lowest BCUT2D eigenvalue weighted by Crippen LogP contribution is -2.44. The Morgan fingerprint density at radius 2 is 1.71 bits per heavy atom. The van der Waals surface area contributed by atoms with Crippen LogP contribution in [0.4, 0.5) is 0 Å². The van der Waals surface area contributed by atoms with Gasteiger partial charge in [-0.3, -0.25) is 4.79 Å². The van der Waals surface area contributed by atoms with Gasteiger partial charge in [0, 0.05) is 5.92 Å². The van der Waals surface area contributed by atoms with Crippen molar-refractivity contribution in [3.63, 3.8) is 0 Å². The molecule has 0 aliphatic rings. The van der Waals surface area contributed by atoms with Crippen molar-refractivity contribution in [1.82, 2.24) is 5.32 Å². The largest absolute Gasteiger partial charge is 0.467 e. The Morgan fingerprint density at radius 1 is 1.18 bits per heavy atom. The van der Waals surface area contributed by atoms with Crippen LogP contribution >= 0.6 is 0 Å². The number of hydrogen-bond acceptors (Lipinski definition) is 3. The lowest BCUT2D eigenvalue weighted by molar-refractivity contribution is -0.146. The number of amides is 1. The lowest BCUT2D eigenvalue weighted by Gasteiger charge is -2.21. The summed E-state index contributed by atoms with van der Waals surface area (Å²) < 4.78 is 4.71. The van der Waals surface area contributed by atoms with Crippen LogP contribution in [0.3, 0.4) is 0 Å². The fourth-order valence-electron chi connectivity index (χ4n) is 1.78. The lowest BCUT2D eigenvalue weighted by atomic mass is 9.99. The van der Waals surface area contributed by atoms with E-state index in [1.807, 2.05) is 27.7 Å². The van der Waals surface area contributed by atoms with Crippen LogP contribution < -0.4 is 5.32 Å². The van der Waals surface area contributed by atoms with Crippen LogP contribution in [-0.2, 0) is 14.3 Å². The molecule has 0 saturated heterocycles. The van der Waals surface area contributed by atoms with Crippen LogP contribution in [0.15, 0.2) is 0 Å². The third-order valence-corrected chi connectivity index (χ3v) is 2.87. The molecule has 1 atom stereocenters. The van der Waals surface area contributed by atoms with Crippen LogP contribution in [0.5, 0.6) is 0 Å². The van der Waals surface area contributed by atoms with Crippen LogP contribution in [0.2, 0.25) is 0 Å². The molecule has 4 heteroatoms. The van der Waals surface area contributed by atoms with E-state index in [4.69, 9.17) is 4.74 Å². The van der Waals surface area contributed by atoms with Gasteiger partial charge in [0.2, 0.25) is 5.91 Å². The summed E-state index contributed by atoms with van der Waals surface area (Å²) in [5.41, 5.74) is 0. The Hall–Kier alpha value is -1.06. The molecule has 0 heterocycles. The fraction of sp³-hybridized carbons (Fsp3) is 0.846. The second-order valence-corrected chi connectivity index (χ2v) is 4.73. The van der Waals surface area contributed by atoms with Gasteiger partial charge in [-0.15, -0.1) is 0 Å². The van der Waals surface area contributed by atoms with E-state index in [0.29, 0.717) is 12.3 Å². The highest BCUT2D eigenvalue weighted by atomic mass is 16.5. The topological polar surface area (TPSA) is 55.4 Å². The molecule has 0 spiro atoms. The normalized spacial score (nSPS) is 12.6. The number of rotatable bonds is 7. The fourth-order valence-corrected chi connectivity index (χ4v) is 1.78. The Balaban J connectivity index is 4.51. The van der Waals surface area contributed by atoms with Gasteiger partial charge in [-0.2, -0.15) is 0 Å². The van der Waals surface area contributed by atoms with Crippen LogP contribution in [0.1, 0.15) is 47.0 Å². The Bertz CT molecular complexity index is 247. The minimum absolute atomic E-state index is 0.0191. The van der Waals surface area contributed by atoms with E-state index in [1.165, 1.54) is 7.11 Å². The van der Waals surface area contributed by atoms with Gasteiger partial charge < -0.3 is 10.1 Å². The second-order valence-electron chi connectivity index (χ2n) is 4.73. The van der Waals surface area contributed by atoms with E-state index in [2.05, 4.69) is 5.32 Å². The van der Waals surface area contributed by atoms with Crippen molar-refractivity contribution in [3.05, 3.63) is 0 Å². The molecule has 0 fully saturated rings. The van der Waals surface area contributed by atoms with Crippen LogP contribution in [0, 0.1) is 11.8 Å². The highest BCUT2D eigenvalue weighted by Gasteiger charge is 2.25. The smallest absolute Gasteiger partial charge is 0.328 e. The summed E-state index contributed by atoms with van der Waals surface area (Å²) in [7, 11) is 1.35. The average Bonchev–Trinajstić information content (AvgIpc) is 2.28. The molecule has 0 saturated carbocycles. The third kappa shape index (κ3) is 5.71. The molecule has 0 aliphatic carbocycles. The van der Waals surface area contributed by atoms with Gasteiger partial charge in [0.25, 0.3) is 0 Å². The van der Waals surface area contributed by atoms with Gasteiger partial charge >= 0.3 is 5.97 Å². The van der Waals surface area contributed by atoms with Crippen molar-refractivity contribution in [2.24, 2.45) is 11.8 Å². The summed E-state index contributed by atoms with van der Waals surface area (Å²) in [4.78, 5) is 23.4. The number of methoxy groups -OCH3 is 1. The zero-order valence-corrected chi connectivity index (χ0v) is 11.6. The van der Waals surface area contributed by atoms with Gasteiger partial charge in [0.1, 0.15) is 6.04 Å². The maximum atomic E-state index is 11.9. The Morgan fingerprint density at radius 3 is 2.06 bits per heavy atom. The number of carbonyl (C=O) groups is 2. The maximum absolute atomic E-state index is 11.9. The summed E-state index contributed by atoms with van der Waals surface area (Å²) >= 11 is 0. The van der Waals surface area contributed by atoms with Crippen LogP contribution in [-0.4, -0.2) is 25.0 Å². The standard InChI is InChI=1S/C13H25NO3/c1-6-10(7-2)12(15)14-11(8-9(3)4)13(16)17-5/h9-11H,6-8H2,1-5H3,(H,14,15). The van der Waals surface area contributed by atoms with Crippen molar-refractivity contribution >= 4 is 11.9 Å². The number of ether oxygens (including phenoxy) is 1. The highest BCUT2D eigenvalue weighted by Crippen LogP contribution is 2.11. The molecule has 0 aromatic heterocycles. The zero-order valence-electron chi connectivity index (χ0n) is 11.6. The van der Waals surface area contributed by atoms with E-state index in [9.17, 15) is 9.59 Å². The first kappa shape index (κ1) is 15.9. The molecule has 0 bridgehead atoms. The predicted molar refractivity (Wildman–Crippen MR) is 67.5 cm³/mol. The molecule has 1 amide bonds. The Labute approximate surface area is 104 Å². The molecular formula is C13H25NO3. The molecule has 17 heavy (non-hydrogen) atoms. The van der Waals surface area contributed by atoms with Crippen LogP contribution in [0.25, 0.3) is 0 Å². The average molecular weight is 243 g/mol. The molecule has 0 rings (SSSR count). The first-order valence-electron chi connectivity index (χ1n) is 6.34. The van der Waals surface area contributed by atoms with Crippen molar-refractivity contribution in [2.75, 3.05) is 7.11 Å². The highest BCUT2D eigenvalue weighted by molar-refractivity contribution is 5.85. The van der Waals surface area contributed by atoms with Gasteiger partial charge in [-0.25, -0.2) is 4.79 Å². The van der Waals surface area contributed by atoms with Crippen molar-refractivity contribution in [1.29, 1.82) is 0 Å². The quantitative estimate of drug-likeness (QED) is 0.697. The van der Waals surface area contributed by atoms with Crippen molar-refractivity contribution in [2.45, 2.75) is 53.0 Å². The van der Waals surface area contributed by atoms with E-state index in [-0.39, 0.29) is 17.8 Å². The zero-order chi connectivity index (χ0) is 13.4. The molecular weight excluding hydrogens is 218 g/mol. The second kappa shape index (κ2) is 8.09. The first-order valence-corrected chi connectivity index (χ1v) is 6.34. The minimum Gasteiger partial charge on any atom is -0.467 e. The van der Waals surface area contributed by atoms with Crippen molar-refractivity contribution < 1.29 is 14.3 Å². The van der Waals surface area contributed by atoms with Crippen molar-refractivity contribution in [3.8, 4) is 0 Å². The number of esters is 1. The molecule has 1 unspecified atom stereocenters. The summed E-state index contributed by atoms with van der Waals surface area (Å²) in [6, 6.07) is -0.520. The molecule has 1 N–H and O–H groups in total. The van der Waals surface area contributed by atoms with Gasteiger partial charge in [-0.05, 0) is 25.2 Å². The Kier molecular flexibility index (Phi) is 7.59. The first-order chi connectivity index (χ1) is 7.96.